The SMILES string of the molecule is CC(C)COc1ccc(NC(=O)C=Cc2ccccc2Cl)cc1. The van der Waals surface area contributed by atoms with Crippen LogP contribution in [-0.4, -0.2) is 12.5 Å². The summed E-state index contributed by atoms with van der Waals surface area (Å²) >= 11 is 6.04. The van der Waals surface area contributed by atoms with E-state index < -0.39 is 0 Å². The van der Waals surface area contributed by atoms with E-state index in [-0.39, 0.29) is 5.91 Å². The Morgan fingerprint density at radius 3 is 2.52 bits per heavy atom. The van der Waals surface area contributed by atoms with Gasteiger partial charge in [-0.05, 0) is 47.9 Å². The molecule has 4 heteroatoms. The van der Waals surface area contributed by atoms with E-state index in [4.69, 9.17) is 16.3 Å². The van der Waals surface area contributed by atoms with Gasteiger partial charge in [-0.2, -0.15) is 0 Å². The molecule has 0 spiro atoms. The fraction of sp³-hybridized carbons (Fsp3) is 0.211. The smallest absolute Gasteiger partial charge is 0.248 e. The molecule has 2 rings (SSSR count). The molecule has 1 amide bonds. The summed E-state index contributed by atoms with van der Waals surface area (Å²) in [4.78, 5) is 11.9. The van der Waals surface area contributed by atoms with Crippen LogP contribution in [0.3, 0.4) is 0 Å². The summed E-state index contributed by atoms with van der Waals surface area (Å²) in [5.41, 5.74) is 1.53. The first-order valence-electron chi connectivity index (χ1n) is 7.51. The van der Waals surface area contributed by atoms with E-state index in [1.165, 1.54) is 6.08 Å². The first-order valence-corrected chi connectivity index (χ1v) is 7.89. The van der Waals surface area contributed by atoms with Gasteiger partial charge in [-0.25, -0.2) is 0 Å². The lowest BCUT2D eigenvalue weighted by Crippen LogP contribution is -2.08. The highest BCUT2D eigenvalue weighted by molar-refractivity contribution is 6.32. The number of ether oxygens (including phenoxy) is 1. The van der Waals surface area contributed by atoms with Crippen molar-refractivity contribution in [3.63, 3.8) is 0 Å². The Morgan fingerprint density at radius 2 is 1.87 bits per heavy atom. The second-order valence-corrected chi connectivity index (χ2v) is 5.98. The Hall–Kier alpha value is -2.26. The Bertz CT molecular complexity index is 678. The number of halogens is 1. The highest BCUT2D eigenvalue weighted by Gasteiger charge is 2.01. The molecule has 2 aromatic rings. The Labute approximate surface area is 141 Å². The van der Waals surface area contributed by atoms with Crippen LogP contribution < -0.4 is 10.1 Å². The molecule has 0 saturated carbocycles. The summed E-state index contributed by atoms with van der Waals surface area (Å²) in [5, 5.41) is 3.41. The van der Waals surface area contributed by atoms with Crippen molar-refractivity contribution in [2.45, 2.75) is 13.8 Å². The number of carbonyl (C=O) groups excluding carboxylic acids is 1. The van der Waals surface area contributed by atoms with E-state index in [1.807, 2.05) is 42.5 Å². The molecule has 0 atom stereocenters. The molecule has 3 nitrogen and oxygen atoms in total. The quantitative estimate of drug-likeness (QED) is 0.755. The van der Waals surface area contributed by atoms with E-state index in [0.717, 1.165) is 17.0 Å². The summed E-state index contributed by atoms with van der Waals surface area (Å²) < 4.78 is 5.60. The number of carbonyl (C=O) groups is 1. The average Bonchev–Trinajstić information content (AvgIpc) is 2.53. The van der Waals surface area contributed by atoms with Gasteiger partial charge in [0.15, 0.2) is 0 Å². The maximum Gasteiger partial charge on any atom is 0.248 e. The molecule has 2 aromatic carbocycles. The maximum absolute atomic E-state index is 11.9. The van der Waals surface area contributed by atoms with Crippen LogP contribution in [0.1, 0.15) is 19.4 Å². The molecule has 0 fully saturated rings. The number of hydrogen-bond donors (Lipinski definition) is 1. The third-order valence-corrected chi connectivity index (χ3v) is 3.37. The molecule has 0 saturated heterocycles. The van der Waals surface area contributed by atoms with E-state index in [9.17, 15) is 4.79 Å². The fourth-order valence-electron chi connectivity index (χ4n) is 1.86. The largest absolute Gasteiger partial charge is 0.493 e. The molecule has 0 bridgehead atoms. The second kappa shape index (κ2) is 8.39. The molecule has 120 valence electrons. The minimum absolute atomic E-state index is 0.208. The van der Waals surface area contributed by atoms with Crippen LogP contribution in [0.4, 0.5) is 5.69 Å². The lowest BCUT2D eigenvalue weighted by atomic mass is 10.2. The zero-order valence-electron chi connectivity index (χ0n) is 13.3. The van der Waals surface area contributed by atoms with Gasteiger partial charge in [0.2, 0.25) is 5.91 Å². The van der Waals surface area contributed by atoms with E-state index in [1.54, 1.807) is 12.1 Å². The topological polar surface area (TPSA) is 38.3 Å². The Kier molecular flexibility index (Phi) is 6.24. The second-order valence-electron chi connectivity index (χ2n) is 5.57. The van der Waals surface area contributed by atoms with Crippen molar-refractivity contribution in [3.8, 4) is 5.75 Å². The van der Waals surface area contributed by atoms with Crippen molar-refractivity contribution >= 4 is 29.3 Å². The molecular formula is C19H20ClNO2. The minimum Gasteiger partial charge on any atom is -0.493 e. The highest BCUT2D eigenvalue weighted by Crippen LogP contribution is 2.18. The lowest BCUT2D eigenvalue weighted by molar-refractivity contribution is -0.111. The summed E-state index contributed by atoms with van der Waals surface area (Å²) in [6.07, 6.45) is 3.15. The highest BCUT2D eigenvalue weighted by atomic mass is 35.5. The predicted octanol–water partition coefficient (Wildman–Crippen LogP) is 5.03. The summed E-state index contributed by atoms with van der Waals surface area (Å²) in [5.74, 6) is 1.06. The number of anilines is 1. The van der Waals surface area contributed by atoms with Crippen molar-refractivity contribution in [1.29, 1.82) is 0 Å². The molecule has 0 heterocycles. The van der Waals surface area contributed by atoms with Gasteiger partial charge in [-0.15, -0.1) is 0 Å². The van der Waals surface area contributed by atoms with Crippen molar-refractivity contribution in [1.82, 2.24) is 0 Å². The van der Waals surface area contributed by atoms with Gasteiger partial charge >= 0.3 is 0 Å². The van der Waals surface area contributed by atoms with Crippen LogP contribution in [0.25, 0.3) is 6.08 Å². The van der Waals surface area contributed by atoms with Gasteiger partial charge in [-0.3, -0.25) is 4.79 Å². The summed E-state index contributed by atoms with van der Waals surface area (Å²) in [7, 11) is 0. The number of nitrogens with one attached hydrogen (secondary N) is 1. The van der Waals surface area contributed by atoms with E-state index in [2.05, 4.69) is 19.2 Å². The zero-order chi connectivity index (χ0) is 16.7. The number of amides is 1. The van der Waals surface area contributed by atoms with Crippen LogP contribution in [0.5, 0.6) is 5.75 Å². The zero-order valence-corrected chi connectivity index (χ0v) is 14.0. The van der Waals surface area contributed by atoms with Gasteiger partial charge in [0, 0.05) is 16.8 Å². The van der Waals surface area contributed by atoms with Crippen LogP contribution in [0.2, 0.25) is 5.02 Å². The summed E-state index contributed by atoms with van der Waals surface area (Å²) in [6.45, 7) is 4.87. The van der Waals surface area contributed by atoms with Crippen molar-refractivity contribution < 1.29 is 9.53 Å². The number of hydrogen-bond acceptors (Lipinski definition) is 2. The van der Waals surface area contributed by atoms with Crippen LogP contribution in [0.15, 0.2) is 54.6 Å². The lowest BCUT2D eigenvalue weighted by Gasteiger charge is -2.09. The van der Waals surface area contributed by atoms with Crippen LogP contribution in [-0.2, 0) is 4.79 Å². The van der Waals surface area contributed by atoms with Gasteiger partial charge < -0.3 is 10.1 Å². The van der Waals surface area contributed by atoms with Gasteiger partial charge in [0.1, 0.15) is 5.75 Å². The third kappa shape index (κ3) is 5.80. The molecule has 0 aromatic heterocycles. The van der Waals surface area contributed by atoms with Crippen LogP contribution >= 0.6 is 11.6 Å². The molecule has 1 N–H and O–H groups in total. The third-order valence-electron chi connectivity index (χ3n) is 3.02. The van der Waals surface area contributed by atoms with E-state index in [0.29, 0.717) is 17.5 Å². The van der Waals surface area contributed by atoms with Gasteiger partial charge in [-0.1, -0.05) is 43.6 Å². The molecule has 0 aliphatic carbocycles. The normalized spacial score (nSPS) is 11.0. The van der Waals surface area contributed by atoms with Gasteiger partial charge in [0.05, 0.1) is 6.61 Å². The summed E-state index contributed by atoms with van der Waals surface area (Å²) in [6, 6.07) is 14.7. The van der Waals surface area contributed by atoms with Crippen molar-refractivity contribution in [2.75, 3.05) is 11.9 Å². The Balaban J connectivity index is 1.91. The van der Waals surface area contributed by atoms with Crippen molar-refractivity contribution in [2.24, 2.45) is 5.92 Å². The molecule has 0 aliphatic rings. The molecule has 23 heavy (non-hydrogen) atoms. The molecule has 0 radical (unpaired) electrons. The first kappa shape index (κ1) is 17.1. The molecular weight excluding hydrogens is 310 g/mol. The monoisotopic (exact) mass is 329 g/mol. The standard InChI is InChI=1S/C19H20ClNO2/c1-14(2)13-23-17-10-8-16(9-11-17)21-19(22)12-7-15-5-3-4-6-18(15)20/h3-12,14H,13H2,1-2H3,(H,21,22). The molecule has 0 aliphatic heterocycles. The minimum atomic E-state index is -0.208. The first-order chi connectivity index (χ1) is 11.0. The Morgan fingerprint density at radius 1 is 1.17 bits per heavy atom. The molecule has 0 unspecified atom stereocenters. The average molecular weight is 330 g/mol. The van der Waals surface area contributed by atoms with Crippen LogP contribution in [0, 0.1) is 5.92 Å². The maximum atomic E-state index is 11.9. The van der Waals surface area contributed by atoms with Crippen molar-refractivity contribution in [3.05, 3.63) is 65.2 Å². The number of benzene rings is 2. The van der Waals surface area contributed by atoms with Gasteiger partial charge in [0.25, 0.3) is 0 Å². The fourth-order valence-corrected chi connectivity index (χ4v) is 2.06. The predicted molar refractivity (Wildman–Crippen MR) is 95.9 cm³/mol. The number of rotatable bonds is 6. The van der Waals surface area contributed by atoms with E-state index >= 15 is 0 Å².